The SMILES string of the molecule is Cc1ccc(OCc2nnc(SCC(=O)Nc3nnc(C4CCCCC4)s3)n2C)c(C)c1. The van der Waals surface area contributed by atoms with Gasteiger partial charge in [-0.3, -0.25) is 10.1 Å². The summed E-state index contributed by atoms with van der Waals surface area (Å²) in [5.74, 6) is 2.12. The summed E-state index contributed by atoms with van der Waals surface area (Å²) in [6, 6.07) is 6.07. The number of hydrogen-bond donors (Lipinski definition) is 1. The Bertz CT molecular complexity index is 1070. The van der Waals surface area contributed by atoms with Crippen molar-refractivity contribution >= 4 is 34.1 Å². The summed E-state index contributed by atoms with van der Waals surface area (Å²) in [7, 11) is 1.88. The molecule has 0 spiro atoms. The number of amides is 1. The van der Waals surface area contributed by atoms with Gasteiger partial charge in [-0.2, -0.15) is 0 Å². The molecule has 1 N–H and O–H groups in total. The van der Waals surface area contributed by atoms with Gasteiger partial charge in [0.05, 0.1) is 5.75 Å². The number of carbonyl (C=O) groups excluding carboxylic acids is 1. The smallest absolute Gasteiger partial charge is 0.236 e. The number of thioether (sulfide) groups is 1. The van der Waals surface area contributed by atoms with Crippen molar-refractivity contribution in [3.63, 3.8) is 0 Å². The summed E-state index contributed by atoms with van der Waals surface area (Å²) in [6.07, 6.45) is 6.13. The maximum atomic E-state index is 12.4. The molecule has 0 aliphatic heterocycles. The second-order valence-electron chi connectivity index (χ2n) is 8.13. The number of rotatable bonds is 8. The molecule has 0 unspecified atom stereocenters. The lowest BCUT2D eigenvalue weighted by atomic mass is 9.90. The fourth-order valence-electron chi connectivity index (χ4n) is 3.79. The molecule has 1 aromatic carbocycles. The second kappa shape index (κ2) is 10.4. The van der Waals surface area contributed by atoms with E-state index in [1.807, 2.05) is 30.7 Å². The third-order valence-electron chi connectivity index (χ3n) is 5.59. The highest BCUT2D eigenvalue weighted by molar-refractivity contribution is 7.99. The van der Waals surface area contributed by atoms with Gasteiger partial charge in [0, 0.05) is 13.0 Å². The quantitative estimate of drug-likeness (QED) is 0.477. The largest absolute Gasteiger partial charge is 0.485 e. The van der Waals surface area contributed by atoms with Gasteiger partial charge in [-0.05, 0) is 38.3 Å². The van der Waals surface area contributed by atoms with Gasteiger partial charge in [0.1, 0.15) is 17.4 Å². The van der Waals surface area contributed by atoms with E-state index in [1.54, 1.807) is 0 Å². The number of aromatic nitrogens is 5. The summed E-state index contributed by atoms with van der Waals surface area (Å²) < 4.78 is 7.76. The molecule has 0 saturated heterocycles. The highest BCUT2D eigenvalue weighted by Crippen LogP contribution is 2.35. The van der Waals surface area contributed by atoms with E-state index in [9.17, 15) is 4.79 Å². The zero-order valence-corrected chi connectivity index (χ0v) is 20.3. The van der Waals surface area contributed by atoms with Crippen LogP contribution in [0.25, 0.3) is 0 Å². The van der Waals surface area contributed by atoms with E-state index in [2.05, 4.69) is 38.7 Å². The Hall–Kier alpha value is -2.46. The summed E-state index contributed by atoms with van der Waals surface area (Å²) in [5.41, 5.74) is 2.28. The molecule has 10 heteroatoms. The monoisotopic (exact) mass is 472 g/mol. The molecular weight excluding hydrogens is 444 g/mol. The van der Waals surface area contributed by atoms with E-state index in [1.165, 1.54) is 60.8 Å². The number of hydrogen-bond acceptors (Lipinski definition) is 8. The number of nitrogens with zero attached hydrogens (tertiary/aromatic N) is 5. The van der Waals surface area contributed by atoms with Crippen molar-refractivity contribution in [2.75, 3.05) is 11.1 Å². The number of ether oxygens (including phenoxy) is 1. The molecule has 170 valence electrons. The molecule has 1 aliphatic carbocycles. The molecule has 1 amide bonds. The van der Waals surface area contributed by atoms with E-state index >= 15 is 0 Å². The van der Waals surface area contributed by atoms with E-state index in [0.717, 1.165) is 16.3 Å². The average Bonchev–Trinajstić information content (AvgIpc) is 3.39. The van der Waals surface area contributed by atoms with E-state index in [0.29, 0.717) is 28.6 Å². The van der Waals surface area contributed by atoms with Crippen molar-refractivity contribution in [3.8, 4) is 5.75 Å². The lowest BCUT2D eigenvalue weighted by Gasteiger charge is -2.18. The first kappa shape index (κ1) is 22.7. The van der Waals surface area contributed by atoms with E-state index in [4.69, 9.17) is 4.74 Å². The Morgan fingerprint density at radius 3 is 2.78 bits per heavy atom. The van der Waals surface area contributed by atoms with Crippen molar-refractivity contribution in [3.05, 3.63) is 40.2 Å². The van der Waals surface area contributed by atoms with E-state index in [-0.39, 0.29) is 11.7 Å². The topological polar surface area (TPSA) is 94.8 Å². The fraction of sp³-hybridized carbons (Fsp3) is 0.500. The molecule has 32 heavy (non-hydrogen) atoms. The van der Waals surface area contributed by atoms with Gasteiger partial charge in [-0.15, -0.1) is 20.4 Å². The van der Waals surface area contributed by atoms with Crippen molar-refractivity contribution in [1.82, 2.24) is 25.0 Å². The van der Waals surface area contributed by atoms with Crippen molar-refractivity contribution in [2.45, 2.75) is 63.6 Å². The lowest BCUT2D eigenvalue weighted by Crippen LogP contribution is -2.14. The minimum Gasteiger partial charge on any atom is -0.485 e. The highest BCUT2D eigenvalue weighted by atomic mass is 32.2. The molecule has 1 fully saturated rings. The third kappa shape index (κ3) is 5.66. The molecule has 0 atom stereocenters. The van der Waals surface area contributed by atoms with Crippen molar-refractivity contribution in [2.24, 2.45) is 7.05 Å². The molecule has 2 aromatic heterocycles. The normalized spacial score (nSPS) is 14.5. The molecule has 1 aliphatic rings. The summed E-state index contributed by atoms with van der Waals surface area (Å²) in [6.45, 7) is 4.39. The number of nitrogens with one attached hydrogen (secondary N) is 1. The standard InChI is InChI=1S/C22H28N6O2S2/c1-14-9-10-17(15(2)11-14)30-12-18-24-27-22(28(18)3)31-13-19(29)23-21-26-25-20(32-21)16-7-5-4-6-8-16/h9-11,16H,4-8,12-13H2,1-3H3,(H,23,26,29). The third-order valence-corrected chi connectivity index (χ3v) is 7.61. The van der Waals surface area contributed by atoms with Crippen LogP contribution in [0.5, 0.6) is 5.75 Å². The van der Waals surface area contributed by atoms with Gasteiger partial charge in [-0.25, -0.2) is 0 Å². The molecule has 0 radical (unpaired) electrons. The summed E-state index contributed by atoms with van der Waals surface area (Å²) >= 11 is 2.83. The predicted octanol–water partition coefficient (Wildman–Crippen LogP) is 4.64. The maximum absolute atomic E-state index is 12.4. The van der Waals surface area contributed by atoms with Crippen LogP contribution in [0.4, 0.5) is 5.13 Å². The average molecular weight is 473 g/mol. The molecule has 4 rings (SSSR count). The molecule has 8 nitrogen and oxygen atoms in total. The van der Waals surface area contributed by atoms with Crippen molar-refractivity contribution < 1.29 is 9.53 Å². The zero-order chi connectivity index (χ0) is 22.5. The molecule has 1 saturated carbocycles. The molecule has 2 heterocycles. The zero-order valence-electron chi connectivity index (χ0n) is 18.6. The Labute approximate surface area is 196 Å². The van der Waals surface area contributed by atoms with Crippen molar-refractivity contribution in [1.29, 1.82) is 0 Å². The van der Waals surface area contributed by atoms with Crippen LogP contribution in [0, 0.1) is 13.8 Å². The first-order valence-corrected chi connectivity index (χ1v) is 12.6. The summed E-state index contributed by atoms with van der Waals surface area (Å²) in [4.78, 5) is 12.4. The van der Waals surface area contributed by atoms with Crippen LogP contribution >= 0.6 is 23.1 Å². The number of benzene rings is 1. The van der Waals surface area contributed by atoms with Crippen LogP contribution in [0.15, 0.2) is 23.4 Å². The van der Waals surface area contributed by atoms with Crippen LogP contribution < -0.4 is 10.1 Å². The summed E-state index contributed by atoms with van der Waals surface area (Å²) in [5, 5.41) is 22.0. The first-order valence-electron chi connectivity index (χ1n) is 10.8. The first-order chi connectivity index (χ1) is 15.5. The van der Waals surface area contributed by atoms with Gasteiger partial charge in [-0.1, -0.05) is 60.1 Å². The lowest BCUT2D eigenvalue weighted by molar-refractivity contribution is -0.113. The fourth-order valence-corrected chi connectivity index (χ4v) is 5.44. The minimum atomic E-state index is -0.127. The number of aryl methyl sites for hydroxylation is 2. The Kier molecular flexibility index (Phi) is 7.41. The Balaban J connectivity index is 1.27. The molecule has 3 aromatic rings. The van der Waals surface area contributed by atoms with Gasteiger partial charge < -0.3 is 9.30 Å². The predicted molar refractivity (Wildman–Crippen MR) is 126 cm³/mol. The van der Waals surface area contributed by atoms with Gasteiger partial charge in [0.25, 0.3) is 0 Å². The molecular formula is C22H28N6O2S2. The number of anilines is 1. The van der Waals surface area contributed by atoms with Crippen LogP contribution in [-0.4, -0.2) is 36.6 Å². The van der Waals surface area contributed by atoms with Gasteiger partial charge >= 0.3 is 0 Å². The van der Waals surface area contributed by atoms with Crippen LogP contribution in [0.3, 0.4) is 0 Å². The molecule has 0 bridgehead atoms. The minimum absolute atomic E-state index is 0.127. The number of carbonyl (C=O) groups is 1. The van der Waals surface area contributed by atoms with E-state index < -0.39 is 0 Å². The Morgan fingerprint density at radius 1 is 1.19 bits per heavy atom. The van der Waals surface area contributed by atoms with Crippen LogP contribution in [0.1, 0.15) is 60.0 Å². The Morgan fingerprint density at radius 2 is 2.00 bits per heavy atom. The van der Waals surface area contributed by atoms with Gasteiger partial charge in [0.2, 0.25) is 11.0 Å². The second-order valence-corrected chi connectivity index (χ2v) is 10.1. The van der Waals surface area contributed by atoms with Crippen LogP contribution in [-0.2, 0) is 18.4 Å². The highest BCUT2D eigenvalue weighted by Gasteiger charge is 2.20. The maximum Gasteiger partial charge on any atom is 0.236 e. The van der Waals surface area contributed by atoms with Gasteiger partial charge in [0.15, 0.2) is 11.0 Å². The van der Waals surface area contributed by atoms with Crippen LogP contribution in [0.2, 0.25) is 0 Å².